The quantitative estimate of drug-likeness (QED) is 0.755. The molecule has 0 spiro atoms. The van der Waals surface area contributed by atoms with Crippen molar-refractivity contribution in [3.63, 3.8) is 0 Å². The van der Waals surface area contributed by atoms with Crippen LogP contribution >= 0.6 is 0 Å². The SMILES string of the molecule is COC(=O)CC[C@H](C(=O)OC)N1CCOCCNCc2cccc(n2)C1. The summed E-state index contributed by atoms with van der Waals surface area (Å²) in [6, 6.07) is 5.29. The van der Waals surface area contributed by atoms with Gasteiger partial charge in [-0.15, -0.1) is 0 Å². The minimum Gasteiger partial charge on any atom is -0.469 e. The van der Waals surface area contributed by atoms with Gasteiger partial charge in [0, 0.05) is 32.6 Å². The maximum absolute atomic E-state index is 12.3. The van der Waals surface area contributed by atoms with E-state index in [1.807, 2.05) is 23.1 Å². The predicted octanol–water partition coefficient (Wildman–Crippen LogP) is 0.498. The normalized spacial score (nSPS) is 17.5. The molecule has 1 aromatic rings. The number of carbonyl (C=O) groups excluding carboxylic acids is 2. The second kappa shape index (κ2) is 10.8. The third-order valence-corrected chi connectivity index (χ3v) is 4.25. The largest absolute Gasteiger partial charge is 0.469 e. The summed E-state index contributed by atoms with van der Waals surface area (Å²) in [6.45, 7) is 3.46. The van der Waals surface area contributed by atoms with Crippen LogP contribution in [0, 0.1) is 0 Å². The number of rotatable bonds is 5. The maximum Gasteiger partial charge on any atom is 0.323 e. The average molecular weight is 365 g/mol. The molecule has 1 N–H and O–H groups in total. The third-order valence-electron chi connectivity index (χ3n) is 4.25. The zero-order valence-corrected chi connectivity index (χ0v) is 15.4. The van der Waals surface area contributed by atoms with E-state index < -0.39 is 6.04 Å². The fourth-order valence-corrected chi connectivity index (χ4v) is 2.86. The lowest BCUT2D eigenvalue weighted by Crippen LogP contribution is -2.44. The fourth-order valence-electron chi connectivity index (χ4n) is 2.86. The van der Waals surface area contributed by atoms with Gasteiger partial charge in [-0.2, -0.15) is 0 Å². The molecule has 0 radical (unpaired) electrons. The molecule has 0 fully saturated rings. The van der Waals surface area contributed by atoms with Crippen LogP contribution in [0.5, 0.6) is 0 Å². The Morgan fingerprint density at radius 1 is 1.27 bits per heavy atom. The molecule has 0 unspecified atom stereocenters. The molecule has 0 amide bonds. The van der Waals surface area contributed by atoms with E-state index in [-0.39, 0.29) is 18.4 Å². The molecule has 26 heavy (non-hydrogen) atoms. The van der Waals surface area contributed by atoms with E-state index >= 15 is 0 Å². The number of hydrogen-bond acceptors (Lipinski definition) is 8. The highest BCUT2D eigenvalue weighted by Gasteiger charge is 2.28. The molecule has 2 bridgehead atoms. The van der Waals surface area contributed by atoms with Crippen molar-refractivity contribution >= 4 is 11.9 Å². The van der Waals surface area contributed by atoms with Gasteiger partial charge in [0.15, 0.2) is 0 Å². The number of carbonyl (C=O) groups is 2. The standard InChI is InChI=1S/C18H27N3O5/c1-24-17(22)7-6-16(18(23)25-2)21-9-11-26-10-8-19-12-14-4-3-5-15(13-21)20-14/h3-5,16,19H,6-13H2,1-2H3/t16-/m1/s1. The van der Waals surface area contributed by atoms with Crippen LogP contribution in [0.2, 0.25) is 0 Å². The molecule has 2 heterocycles. The van der Waals surface area contributed by atoms with Crippen molar-refractivity contribution in [3.05, 3.63) is 29.6 Å². The number of nitrogens with one attached hydrogen (secondary N) is 1. The Kier molecular flexibility index (Phi) is 8.46. The third kappa shape index (κ3) is 6.36. The van der Waals surface area contributed by atoms with Gasteiger partial charge in [0.05, 0.1) is 38.8 Å². The van der Waals surface area contributed by atoms with Crippen molar-refractivity contribution in [1.29, 1.82) is 0 Å². The maximum atomic E-state index is 12.3. The summed E-state index contributed by atoms with van der Waals surface area (Å²) in [6.07, 6.45) is 0.464. The van der Waals surface area contributed by atoms with E-state index in [0.29, 0.717) is 39.3 Å². The van der Waals surface area contributed by atoms with Crippen molar-refractivity contribution in [2.24, 2.45) is 0 Å². The first-order chi connectivity index (χ1) is 12.6. The molecule has 8 nitrogen and oxygen atoms in total. The van der Waals surface area contributed by atoms with E-state index in [1.54, 1.807) is 0 Å². The number of fused-ring (bicyclic) bond motifs is 2. The second-order valence-corrected chi connectivity index (χ2v) is 6.03. The monoisotopic (exact) mass is 365 g/mol. The van der Waals surface area contributed by atoms with E-state index in [1.165, 1.54) is 14.2 Å². The van der Waals surface area contributed by atoms with Gasteiger partial charge in [-0.3, -0.25) is 19.5 Å². The molecule has 1 atom stereocenters. The smallest absolute Gasteiger partial charge is 0.323 e. The number of methoxy groups -OCH3 is 2. The summed E-state index contributed by atoms with van der Waals surface area (Å²) in [5.41, 5.74) is 1.80. The van der Waals surface area contributed by atoms with Crippen LogP contribution in [-0.4, -0.2) is 68.4 Å². The van der Waals surface area contributed by atoms with Crippen molar-refractivity contribution in [2.45, 2.75) is 32.0 Å². The summed E-state index contributed by atoms with van der Waals surface area (Å²) in [7, 11) is 2.69. The number of nitrogens with zero attached hydrogens (tertiary/aromatic N) is 2. The Balaban J connectivity index is 2.19. The first kappa shape index (κ1) is 20.3. The molecule has 8 heteroatoms. The summed E-state index contributed by atoms with van der Waals surface area (Å²) in [5, 5.41) is 3.29. The summed E-state index contributed by atoms with van der Waals surface area (Å²) < 4.78 is 15.3. The molecular formula is C18H27N3O5. The lowest BCUT2D eigenvalue weighted by Gasteiger charge is -2.29. The molecule has 0 saturated heterocycles. The average Bonchev–Trinajstić information content (AvgIpc) is 2.65. The number of hydrogen-bond donors (Lipinski definition) is 1. The minimum atomic E-state index is -0.561. The van der Waals surface area contributed by atoms with Crippen LogP contribution in [0.15, 0.2) is 18.2 Å². The minimum absolute atomic E-state index is 0.144. The van der Waals surface area contributed by atoms with Gasteiger partial charge < -0.3 is 19.5 Å². The Labute approximate surface area is 153 Å². The predicted molar refractivity (Wildman–Crippen MR) is 94.2 cm³/mol. The van der Waals surface area contributed by atoms with Gasteiger partial charge in [0.1, 0.15) is 6.04 Å². The van der Waals surface area contributed by atoms with Crippen LogP contribution in [0.3, 0.4) is 0 Å². The van der Waals surface area contributed by atoms with Gasteiger partial charge >= 0.3 is 11.9 Å². The van der Waals surface area contributed by atoms with Gasteiger partial charge in [-0.1, -0.05) is 6.07 Å². The summed E-state index contributed by atoms with van der Waals surface area (Å²) in [5.74, 6) is -0.727. The first-order valence-corrected chi connectivity index (χ1v) is 8.76. The summed E-state index contributed by atoms with van der Waals surface area (Å²) >= 11 is 0. The zero-order valence-electron chi connectivity index (χ0n) is 15.4. The van der Waals surface area contributed by atoms with E-state index in [4.69, 9.17) is 14.2 Å². The lowest BCUT2D eigenvalue weighted by molar-refractivity contribution is -0.149. The molecule has 0 aliphatic carbocycles. The van der Waals surface area contributed by atoms with Crippen LogP contribution in [0.1, 0.15) is 24.2 Å². The van der Waals surface area contributed by atoms with Crippen LogP contribution in [0.4, 0.5) is 0 Å². The highest BCUT2D eigenvalue weighted by Crippen LogP contribution is 2.14. The van der Waals surface area contributed by atoms with Crippen molar-refractivity contribution in [3.8, 4) is 0 Å². The molecule has 1 aliphatic heterocycles. The molecular weight excluding hydrogens is 338 g/mol. The van der Waals surface area contributed by atoms with E-state index in [0.717, 1.165) is 17.9 Å². The summed E-state index contributed by atoms with van der Waals surface area (Å²) in [4.78, 5) is 30.4. The Hall–Kier alpha value is -2.03. The highest BCUT2D eigenvalue weighted by atomic mass is 16.5. The Morgan fingerprint density at radius 3 is 2.85 bits per heavy atom. The zero-order chi connectivity index (χ0) is 18.8. The Morgan fingerprint density at radius 2 is 2.08 bits per heavy atom. The van der Waals surface area contributed by atoms with E-state index in [9.17, 15) is 9.59 Å². The fraction of sp³-hybridized carbons (Fsp3) is 0.611. The molecule has 1 aromatic heterocycles. The van der Waals surface area contributed by atoms with Crippen LogP contribution in [-0.2, 0) is 36.9 Å². The molecule has 1 aliphatic rings. The van der Waals surface area contributed by atoms with Crippen molar-refractivity contribution in [2.75, 3.05) is 40.5 Å². The molecule has 2 rings (SSSR count). The molecule has 0 aromatic carbocycles. The lowest BCUT2D eigenvalue weighted by atomic mass is 10.1. The molecule has 0 saturated carbocycles. The number of pyridine rings is 1. The van der Waals surface area contributed by atoms with Crippen LogP contribution < -0.4 is 5.32 Å². The van der Waals surface area contributed by atoms with Gasteiger partial charge in [-0.05, 0) is 18.6 Å². The highest BCUT2D eigenvalue weighted by molar-refractivity contribution is 5.77. The molecule has 144 valence electrons. The topological polar surface area (TPSA) is 90.0 Å². The van der Waals surface area contributed by atoms with Gasteiger partial charge in [0.2, 0.25) is 0 Å². The number of aromatic nitrogens is 1. The van der Waals surface area contributed by atoms with Gasteiger partial charge in [-0.25, -0.2) is 0 Å². The van der Waals surface area contributed by atoms with Gasteiger partial charge in [0.25, 0.3) is 0 Å². The second-order valence-electron chi connectivity index (χ2n) is 6.03. The van der Waals surface area contributed by atoms with E-state index in [2.05, 4.69) is 10.3 Å². The van der Waals surface area contributed by atoms with Crippen molar-refractivity contribution in [1.82, 2.24) is 15.2 Å². The Bertz CT molecular complexity index is 596. The number of ether oxygens (including phenoxy) is 3. The number of esters is 2. The van der Waals surface area contributed by atoms with Crippen molar-refractivity contribution < 1.29 is 23.8 Å². The van der Waals surface area contributed by atoms with Crippen LogP contribution in [0.25, 0.3) is 0 Å². The first-order valence-electron chi connectivity index (χ1n) is 8.76.